The predicted octanol–water partition coefficient (Wildman–Crippen LogP) is -0.327. The monoisotopic (exact) mass is 285 g/mol. The molecule has 0 spiro atoms. The number of nitrogens with zero attached hydrogens (tertiary/aromatic N) is 2. The van der Waals surface area contributed by atoms with Crippen LogP contribution >= 0.6 is 0 Å². The Labute approximate surface area is 121 Å². The normalized spacial score (nSPS) is 26.5. The van der Waals surface area contributed by atoms with Crippen molar-refractivity contribution in [3.05, 3.63) is 0 Å². The van der Waals surface area contributed by atoms with Crippen molar-refractivity contribution in [2.75, 3.05) is 53.1 Å². The third-order valence-electron chi connectivity index (χ3n) is 4.15. The average Bonchev–Trinajstić information content (AvgIpc) is 2.48. The van der Waals surface area contributed by atoms with E-state index < -0.39 is 6.04 Å². The number of hydrogen-bond acceptors (Lipinski definition) is 5. The maximum absolute atomic E-state index is 12.4. The number of carbonyl (C=O) groups is 1. The smallest absolute Gasteiger partial charge is 0.242 e. The molecule has 0 radical (unpaired) electrons. The number of likely N-dealkylation sites (tertiary alicyclic amines) is 1. The molecule has 2 rings (SSSR count). The number of amides is 1. The van der Waals surface area contributed by atoms with E-state index in [2.05, 4.69) is 4.90 Å². The first kappa shape index (κ1) is 15.7. The minimum atomic E-state index is -0.537. The number of hydrogen-bond donors (Lipinski definition) is 1. The van der Waals surface area contributed by atoms with E-state index in [1.54, 1.807) is 7.11 Å². The van der Waals surface area contributed by atoms with Gasteiger partial charge in [0.15, 0.2) is 0 Å². The Bertz CT molecular complexity index is 308. The van der Waals surface area contributed by atoms with Gasteiger partial charge in [-0.1, -0.05) is 0 Å². The molecule has 1 amide bonds. The topological polar surface area (TPSA) is 68.0 Å². The molecule has 20 heavy (non-hydrogen) atoms. The van der Waals surface area contributed by atoms with Crippen LogP contribution in [0.5, 0.6) is 0 Å². The molecule has 0 aromatic heterocycles. The lowest BCUT2D eigenvalue weighted by molar-refractivity contribution is -0.138. The minimum Gasteiger partial charge on any atom is -0.383 e. The molecule has 2 aliphatic rings. The van der Waals surface area contributed by atoms with Gasteiger partial charge in [-0.3, -0.25) is 9.69 Å². The number of morpholine rings is 1. The molecular formula is C14H27N3O3. The Morgan fingerprint density at radius 1 is 1.35 bits per heavy atom. The first-order chi connectivity index (χ1) is 9.72. The molecule has 0 aromatic carbocycles. The van der Waals surface area contributed by atoms with Crippen LogP contribution in [-0.2, 0) is 14.3 Å². The highest BCUT2D eigenvalue weighted by Crippen LogP contribution is 2.19. The molecular weight excluding hydrogens is 258 g/mol. The van der Waals surface area contributed by atoms with E-state index in [0.717, 1.165) is 52.2 Å². The van der Waals surface area contributed by atoms with Gasteiger partial charge in [0.2, 0.25) is 5.91 Å². The van der Waals surface area contributed by atoms with Gasteiger partial charge in [0.1, 0.15) is 6.04 Å². The van der Waals surface area contributed by atoms with Gasteiger partial charge in [-0.2, -0.15) is 0 Å². The first-order valence-electron chi connectivity index (χ1n) is 7.57. The molecule has 2 heterocycles. The highest BCUT2D eigenvalue weighted by Gasteiger charge is 2.31. The van der Waals surface area contributed by atoms with Gasteiger partial charge in [-0.05, 0) is 19.3 Å². The van der Waals surface area contributed by atoms with Crippen molar-refractivity contribution in [2.24, 2.45) is 5.73 Å². The largest absolute Gasteiger partial charge is 0.383 e. The SMILES string of the molecule is COCC(N)C(=O)N1CCCCC1CN1CCOCC1. The first-order valence-corrected chi connectivity index (χ1v) is 7.57. The lowest BCUT2D eigenvalue weighted by Crippen LogP contribution is -2.56. The van der Waals surface area contributed by atoms with Gasteiger partial charge in [-0.25, -0.2) is 0 Å². The number of rotatable bonds is 5. The zero-order chi connectivity index (χ0) is 14.4. The van der Waals surface area contributed by atoms with Crippen LogP contribution in [0.1, 0.15) is 19.3 Å². The van der Waals surface area contributed by atoms with Crippen LogP contribution in [0.3, 0.4) is 0 Å². The van der Waals surface area contributed by atoms with Gasteiger partial charge in [0.05, 0.1) is 19.8 Å². The molecule has 2 N–H and O–H groups in total. The fourth-order valence-electron chi connectivity index (χ4n) is 3.03. The minimum absolute atomic E-state index is 0.0322. The second-order valence-electron chi connectivity index (χ2n) is 5.66. The van der Waals surface area contributed by atoms with E-state index in [9.17, 15) is 4.79 Å². The maximum Gasteiger partial charge on any atom is 0.242 e. The molecule has 116 valence electrons. The van der Waals surface area contributed by atoms with Crippen LogP contribution in [0.25, 0.3) is 0 Å². The lowest BCUT2D eigenvalue weighted by Gasteiger charge is -2.40. The molecule has 0 aliphatic carbocycles. The molecule has 0 saturated carbocycles. The fraction of sp³-hybridized carbons (Fsp3) is 0.929. The van der Waals surface area contributed by atoms with Crippen molar-refractivity contribution in [1.82, 2.24) is 9.80 Å². The highest BCUT2D eigenvalue weighted by atomic mass is 16.5. The lowest BCUT2D eigenvalue weighted by atomic mass is 10.0. The third-order valence-corrected chi connectivity index (χ3v) is 4.15. The van der Waals surface area contributed by atoms with Gasteiger partial charge >= 0.3 is 0 Å². The summed E-state index contributed by atoms with van der Waals surface area (Å²) in [4.78, 5) is 16.8. The number of carbonyl (C=O) groups excluding carboxylic acids is 1. The molecule has 6 heteroatoms. The molecule has 2 saturated heterocycles. The van der Waals surface area contributed by atoms with Gasteiger partial charge in [-0.15, -0.1) is 0 Å². The van der Waals surface area contributed by atoms with Gasteiger partial charge in [0.25, 0.3) is 0 Å². The summed E-state index contributed by atoms with van der Waals surface area (Å²) in [7, 11) is 1.58. The van der Waals surface area contributed by atoms with Gasteiger partial charge in [0, 0.05) is 39.3 Å². The summed E-state index contributed by atoms with van der Waals surface area (Å²) in [6, 6.07) is -0.248. The average molecular weight is 285 g/mol. The van der Waals surface area contributed by atoms with Gasteiger partial charge < -0.3 is 20.1 Å². The van der Waals surface area contributed by atoms with E-state index in [-0.39, 0.29) is 11.9 Å². The number of ether oxygens (including phenoxy) is 2. The molecule has 0 aromatic rings. The van der Waals surface area contributed by atoms with Crippen LogP contribution in [-0.4, -0.2) is 80.9 Å². The zero-order valence-corrected chi connectivity index (χ0v) is 12.4. The zero-order valence-electron chi connectivity index (χ0n) is 12.4. The highest BCUT2D eigenvalue weighted by molar-refractivity contribution is 5.82. The Hall–Kier alpha value is -0.690. The van der Waals surface area contributed by atoms with Crippen LogP contribution in [0.2, 0.25) is 0 Å². The van der Waals surface area contributed by atoms with Crippen molar-refractivity contribution in [2.45, 2.75) is 31.3 Å². The second-order valence-corrected chi connectivity index (χ2v) is 5.66. The number of nitrogens with two attached hydrogens (primary N) is 1. The standard InChI is InChI=1S/C14H27N3O3/c1-19-11-13(15)14(18)17-5-3-2-4-12(17)10-16-6-8-20-9-7-16/h12-13H,2-11,15H2,1H3. The van der Waals surface area contributed by atoms with Crippen LogP contribution in [0.4, 0.5) is 0 Å². The summed E-state index contributed by atoms with van der Waals surface area (Å²) in [6.07, 6.45) is 3.34. The van der Waals surface area contributed by atoms with Crippen molar-refractivity contribution in [3.63, 3.8) is 0 Å². The van der Waals surface area contributed by atoms with E-state index in [1.807, 2.05) is 4.90 Å². The predicted molar refractivity (Wildman–Crippen MR) is 76.5 cm³/mol. The fourth-order valence-corrected chi connectivity index (χ4v) is 3.03. The Morgan fingerprint density at radius 2 is 2.10 bits per heavy atom. The Kier molecular flexibility index (Phi) is 6.22. The van der Waals surface area contributed by atoms with E-state index in [1.165, 1.54) is 6.42 Å². The molecule has 0 bridgehead atoms. The van der Waals surface area contributed by atoms with E-state index in [0.29, 0.717) is 6.61 Å². The van der Waals surface area contributed by atoms with Crippen LogP contribution < -0.4 is 5.73 Å². The summed E-state index contributed by atoms with van der Waals surface area (Å²) < 4.78 is 10.4. The van der Waals surface area contributed by atoms with Crippen molar-refractivity contribution in [3.8, 4) is 0 Å². The number of methoxy groups -OCH3 is 1. The maximum atomic E-state index is 12.4. The summed E-state index contributed by atoms with van der Waals surface area (Å²) >= 11 is 0. The summed E-state index contributed by atoms with van der Waals surface area (Å²) in [5.41, 5.74) is 5.90. The van der Waals surface area contributed by atoms with Crippen molar-refractivity contribution in [1.29, 1.82) is 0 Å². The van der Waals surface area contributed by atoms with E-state index in [4.69, 9.17) is 15.2 Å². The molecule has 2 aliphatic heterocycles. The summed E-state index contributed by atoms with van der Waals surface area (Å²) in [5, 5.41) is 0. The van der Waals surface area contributed by atoms with Crippen molar-refractivity contribution < 1.29 is 14.3 Å². The van der Waals surface area contributed by atoms with Crippen LogP contribution in [0, 0.1) is 0 Å². The number of piperidine rings is 1. The molecule has 2 unspecified atom stereocenters. The van der Waals surface area contributed by atoms with E-state index >= 15 is 0 Å². The quantitative estimate of drug-likeness (QED) is 0.749. The summed E-state index contributed by atoms with van der Waals surface area (Å²) in [6.45, 7) is 5.57. The van der Waals surface area contributed by atoms with Crippen molar-refractivity contribution >= 4 is 5.91 Å². The summed E-state index contributed by atoms with van der Waals surface area (Å²) in [5.74, 6) is 0.0322. The third kappa shape index (κ3) is 4.15. The second kappa shape index (κ2) is 7.93. The molecule has 2 fully saturated rings. The Morgan fingerprint density at radius 3 is 2.80 bits per heavy atom. The van der Waals surface area contributed by atoms with Crippen LogP contribution in [0.15, 0.2) is 0 Å². The molecule has 6 nitrogen and oxygen atoms in total. The Balaban J connectivity index is 1.91. The molecule has 2 atom stereocenters.